The van der Waals surface area contributed by atoms with Crippen LogP contribution in [0.1, 0.15) is 41.5 Å². The van der Waals surface area contributed by atoms with Crippen LogP contribution in [0.2, 0.25) is 25.7 Å². The van der Waals surface area contributed by atoms with Gasteiger partial charge in [0.2, 0.25) is 5.95 Å². The van der Waals surface area contributed by atoms with Crippen LogP contribution in [0.25, 0.3) is 0 Å². The van der Waals surface area contributed by atoms with Gasteiger partial charge in [-0.2, -0.15) is 4.98 Å². The molecule has 0 spiro atoms. The molecule has 198 valence electrons. The van der Waals surface area contributed by atoms with E-state index in [1.54, 1.807) is 4.68 Å². The normalized spacial score (nSPS) is 20.2. The van der Waals surface area contributed by atoms with Crippen molar-refractivity contribution in [2.45, 2.75) is 88.6 Å². The SMILES string of the molecule is CN1CCC(NS(=O)(=O)c2nc(Nc3c4c(cc5c3CCC5)CCC4)n(COCC[Si](C)(C)C)n2)C1. The van der Waals surface area contributed by atoms with Crippen molar-refractivity contribution < 1.29 is 13.2 Å². The Balaban J connectivity index is 1.43. The molecule has 3 aliphatic rings. The third-order valence-electron chi connectivity index (χ3n) is 7.53. The highest BCUT2D eigenvalue weighted by Gasteiger charge is 2.30. The summed E-state index contributed by atoms with van der Waals surface area (Å²) in [5, 5.41) is 7.77. The quantitative estimate of drug-likeness (QED) is 0.358. The highest BCUT2D eigenvalue weighted by molar-refractivity contribution is 7.89. The van der Waals surface area contributed by atoms with Gasteiger partial charge in [0.25, 0.3) is 15.2 Å². The number of nitrogens with zero attached hydrogens (tertiary/aromatic N) is 4. The van der Waals surface area contributed by atoms with E-state index in [1.165, 1.54) is 22.3 Å². The highest BCUT2D eigenvalue weighted by atomic mass is 32.2. The number of likely N-dealkylation sites (N-methyl/N-ethyl adjacent to an activating group) is 1. The molecule has 0 saturated carbocycles. The fourth-order valence-electron chi connectivity index (χ4n) is 5.53. The number of aromatic nitrogens is 3. The van der Waals surface area contributed by atoms with Crippen molar-refractivity contribution in [2.75, 3.05) is 32.1 Å². The number of hydrogen-bond donors (Lipinski definition) is 2. The molecule has 2 heterocycles. The highest BCUT2D eigenvalue weighted by Crippen LogP contribution is 2.39. The molecule has 0 bridgehead atoms. The Morgan fingerprint density at radius 1 is 1.11 bits per heavy atom. The van der Waals surface area contributed by atoms with Crippen molar-refractivity contribution in [3.8, 4) is 0 Å². The topological polar surface area (TPSA) is 101 Å². The van der Waals surface area contributed by atoms with Crippen LogP contribution >= 0.6 is 0 Å². The predicted octanol–water partition coefficient (Wildman–Crippen LogP) is 3.29. The predicted molar refractivity (Wildman–Crippen MR) is 144 cm³/mol. The number of likely N-dealkylation sites (tertiary alicyclic amines) is 1. The summed E-state index contributed by atoms with van der Waals surface area (Å²) in [6.45, 7) is 9.28. The maximum Gasteiger partial charge on any atom is 0.284 e. The van der Waals surface area contributed by atoms with E-state index in [1.807, 2.05) is 7.05 Å². The zero-order chi connectivity index (χ0) is 25.5. The number of nitrogens with one attached hydrogen (secondary N) is 2. The molecule has 5 rings (SSSR count). The molecule has 11 heteroatoms. The van der Waals surface area contributed by atoms with Crippen molar-refractivity contribution in [3.05, 3.63) is 28.3 Å². The lowest BCUT2D eigenvalue weighted by molar-refractivity contribution is 0.0792. The zero-order valence-corrected chi connectivity index (χ0v) is 23.9. The number of hydrogen-bond acceptors (Lipinski definition) is 7. The van der Waals surface area contributed by atoms with E-state index in [2.05, 4.69) is 50.7 Å². The Bertz CT molecular complexity index is 1190. The van der Waals surface area contributed by atoms with Crippen LogP contribution in [-0.2, 0) is 47.2 Å². The Morgan fingerprint density at radius 3 is 2.42 bits per heavy atom. The molecule has 1 aromatic carbocycles. The van der Waals surface area contributed by atoms with E-state index >= 15 is 0 Å². The van der Waals surface area contributed by atoms with Gasteiger partial charge in [0.05, 0.1) is 0 Å². The molecule has 1 aromatic heterocycles. The van der Waals surface area contributed by atoms with Crippen LogP contribution in [0.5, 0.6) is 0 Å². The van der Waals surface area contributed by atoms with E-state index < -0.39 is 18.1 Å². The van der Waals surface area contributed by atoms with E-state index in [0.29, 0.717) is 19.1 Å². The summed E-state index contributed by atoms with van der Waals surface area (Å²) in [6, 6.07) is 3.29. The van der Waals surface area contributed by atoms with Gasteiger partial charge in [0.1, 0.15) is 6.73 Å². The second-order valence-corrected chi connectivity index (χ2v) is 19.0. The standard InChI is InChI=1S/C25H40N6O3SSi/c1-30-12-11-20(16-30)29-35(32,33)25-27-24(31(28-25)17-34-13-14-36(2,3)4)26-23-21-9-5-7-18(21)15-19-8-6-10-22(19)23/h15,20,29H,5-14,16-17H2,1-4H3,(H,26,27,28). The van der Waals surface area contributed by atoms with E-state index in [-0.39, 0.29) is 17.9 Å². The van der Waals surface area contributed by atoms with Gasteiger partial charge in [-0.15, -0.1) is 5.10 Å². The third-order valence-corrected chi connectivity index (χ3v) is 10.5. The Labute approximate surface area is 216 Å². The maximum absolute atomic E-state index is 13.2. The van der Waals surface area contributed by atoms with Crippen molar-refractivity contribution >= 4 is 29.7 Å². The molecule has 2 aliphatic carbocycles. The maximum atomic E-state index is 13.2. The van der Waals surface area contributed by atoms with Crippen molar-refractivity contribution in [1.29, 1.82) is 0 Å². The summed E-state index contributed by atoms with van der Waals surface area (Å²) >= 11 is 0. The summed E-state index contributed by atoms with van der Waals surface area (Å²) in [6.07, 6.45) is 7.36. The van der Waals surface area contributed by atoms with Crippen LogP contribution < -0.4 is 10.0 Å². The molecule has 1 fully saturated rings. The van der Waals surface area contributed by atoms with E-state index in [4.69, 9.17) is 4.74 Å². The van der Waals surface area contributed by atoms with Crippen LogP contribution in [0.3, 0.4) is 0 Å². The van der Waals surface area contributed by atoms with Crippen molar-refractivity contribution in [3.63, 3.8) is 0 Å². The minimum Gasteiger partial charge on any atom is -0.359 e. The fourth-order valence-corrected chi connectivity index (χ4v) is 7.44. The first-order valence-corrected chi connectivity index (χ1v) is 18.4. The number of aryl methyl sites for hydroxylation is 2. The molecule has 0 radical (unpaired) electrons. The zero-order valence-electron chi connectivity index (χ0n) is 22.1. The van der Waals surface area contributed by atoms with Crippen LogP contribution in [0, 0.1) is 0 Å². The first-order chi connectivity index (χ1) is 17.1. The molecule has 1 saturated heterocycles. The van der Waals surface area contributed by atoms with E-state index in [0.717, 1.165) is 63.2 Å². The molecular formula is C25H40N6O3SSi. The summed E-state index contributed by atoms with van der Waals surface area (Å²) in [7, 11) is -3.09. The molecule has 1 aliphatic heterocycles. The van der Waals surface area contributed by atoms with Gasteiger partial charge >= 0.3 is 0 Å². The summed E-state index contributed by atoms with van der Waals surface area (Å²) in [4.78, 5) is 6.64. The van der Waals surface area contributed by atoms with Gasteiger partial charge in [-0.25, -0.2) is 17.8 Å². The monoisotopic (exact) mass is 532 g/mol. The Hall–Kier alpha value is -1.79. The lowest BCUT2D eigenvalue weighted by atomic mass is 9.99. The van der Waals surface area contributed by atoms with Crippen molar-refractivity contribution in [2.24, 2.45) is 0 Å². The molecular weight excluding hydrogens is 492 g/mol. The van der Waals surface area contributed by atoms with Gasteiger partial charge in [0, 0.05) is 33.0 Å². The number of benzene rings is 1. The lowest BCUT2D eigenvalue weighted by Crippen LogP contribution is -2.37. The van der Waals surface area contributed by atoms with Crippen LogP contribution in [-0.4, -0.2) is 68.9 Å². The van der Waals surface area contributed by atoms with Gasteiger partial charge < -0.3 is 15.0 Å². The number of fused-ring (bicyclic) bond motifs is 2. The van der Waals surface area contributed by atoms with Gasteiger partial charge in [0.15, 0.2) is 0 Å². The van der Waals surface area contributed by atoms with Gasteiger partial charge in [-0.3, -0.25) is 0 Å². The summed E-state index contributed by atoms with van der Waals surface area (Å²) < 4.78 is 36.8. The number of rotatable bonds is 10. The summed E-state index contributed by atoms with van der Waals surface area (Å²) in [5.41, 5.74) is 6.64. The molecule has 1 unspecified atom stereocenters. The van der Waals surface area contributed by atoms with E-state index in [9.17, 15) is 8.42 Å². The first kappa shape index (κ1) is 25.8. The molecule has 36 heavy (non-hydrogen) atoms. The second-order valence-electron chi connectivity index (χ2n) is 11.8. The molecule has 2 aromatic rings. The van der Waals surface area contributed by atoms with Gasteiger partial charge in [-0.1, -0.05) is 25.7 Å². The average Bonchev–Trinajstić information content (AvgIpc) is 3.57. The smallest absolute Gasteiger partial charge is 0.284 e. The third kappa shape index (κ3) is 5.70. The minimum absolute atomic E-state index is 0.128. The van der Waals surface area contributed by atoms with Crippen LogP contribution in [0.4, 0.5) is 11.6 Å². The molecule has 9 nitrogen and oxygen atoms in total. The van der Waals surface area contributed by atoms with Crippen molar-refractivity contribution in [1.82, 2.24) is 24.4 Å². The first-order valence-electron chi connectivity index (χ1n) is 13.3. The van der Waals surface area contributed by atoms with Crippen LogP contribution in [0.15, 0.2) is 11.2 Å². The second kappa shape index (κ2) is 10.2. The number of anilines is 2. The largest absolute Gasteiger partial charge is 0.359 e. The lowest BCUT2D eigenvalue weighted by Gasteiger charge is -2.18. The minimum atomic E-state index is -3.85. The van der Waals surface area contributed by atoms with Gasteiger partial charge in [-0.05, 0) is 86.8 Å². The number of ether oxygens (including phenoxy) is 1. The Kier molecular flexibility index (Phi) is 7.30. The fraction of sp³-hybridized carbons (Fsp3) is 0.680. The Morgan fingerprint density at radius 2 is 1.81 bits per heavy atom. The molecule has 0 amide bonds. The summed E-state index contributed by atoms with van der Waals surface area (Å²) in [5.74, 6) is 0.432. The average molecular weight is 533 g/mol. The molecule has 1 atom stereocenters. The number of sulfonamides is 1. The molecule has 2 N–H and O–H groups in total.